The Labute approximate surface area is 89.2 Å². The highest BCUT2D eigenvalue weighted by Crippen LogP contribution is 2.23. The van der Waals surface area contributed by atoms with E-state index in [0.717, 1.165) is 15.4 Å². The number of hydrogen-bond donors (Lipinski definition) is 1. The first-order valence-electron chi connectivity index (χ1n) is 4.12. The topological polar surface area (TPSA) is 42.1 Å². The van der Waals surface area contributed by atoms with E-state index in [0.29, 0.717) is 5.88 Å². The number of ether oxygens (including phenoxy) is 1. The van der Waals surface area contributed by atoms with Crippen LogP contribution in [0, 0.1) is 0 Å². The number of esters is 1. The molecule has 72 valence electrons. The van der Waals surface area contributed by atoms with Crippen molar-refractivity contribution in [3.63, 3.8) is 0 Å². The van der Waals surface area contributed by atoms with Crippen molar-refractivity contribution < 1.29 is 9.53 Å². The molecule has 0 atom stereocenters. The minimum Gasteiger partial charge on any atom is -0.410 e. The Kier molecular flexibility index (Phi) is 2.29. The minimum absolute atomic E-state index is 0.323. The normalized spacial score (nSPS) is 10.4. The van der Waals surface area contributed by atoms with Crippen molar-refractivity contribution in [1.29, 1.82) is 0 Å². The molecule has 0 fully saturated rings. The molecule has 0 aliphatic heterocycles. The smallest absolute Gasteiger partial charge is 0.309 e. The fourth-order valence-corrected chi connectivity index (χ4v) is 1.67. The molecule has 1 heterocycles. The lowest BCUT2D eigenvalue weighted by Gasteiger charge is -1.93. The molecule has 0 radical (unpaired) electrons. The number of rotatable bonds is 1. The molecular formula is C10H8BrNO2. The molecule has 0 bridgehead atoms. The third-order valence-corrected chi connectivity index (χ3v) is 2.31. The molecule has 0 spiro atoms. The van der Waals surface area contributed by atoms with Crippen LogP contribution in [0.3, 0.4) is 0 Å². The summed E-state index contributed by atoms with van der Waals surface area (Å²) < 4.78 is 5.93. The summed E-state index contributed by atoms with van der Waals surface area (Å²) in [5, 5.41) is 1.01. The maximum Gasteiger partial charge on any atom is 0.309 e. The Hall–Kier alpha value is -1.29. The maximum absolute atomic E-state index is 10.7. The molecular weight excluding hydrogens is 246 g/mol. The second-order valence-electron chi connectivity index (χ2n) is 2.96. The number of benzene rings is 1. The van der Waals surface area contributed by atoms with Gasteiger partial charge in [-0.15, -0.1) is 0 Å². The lowest BCUT2D eigenvalue weighted by molar-refractivity contribution is -0.132. The highest BCUT2D eigenvalue weighted by atomic mass is 79.9. The van der Waals surface area contributed by atoms with Gasteiger partial charge in [-0.2, -0.15) is 0 Å². The molecule has 0 amide bonds. The van der Waals surface area contributed by atoms with Gasteiger partial charge in [0, 0.05) is 28.4 Å². The standard InChI is InChI=1S/C10H8BrNO2/c1-6(13)14-10-5-7-4-8(11)2-3-9(7)12-10/h2-5,12H,1H3. The Morgan fingerprint density at radius 1 is 1.43 bits per heavy atom. The Morgan fingerprint density at radius 3 is 2.93 bits per heavy atom. The van der Waals surface area contributed by atoms with Crippen molar-refractivity contribution >= 4 is 32.8 Å². The number of H-pyrrole nitrogens is 1. The fourth-order valence-electron chi connectivity index (χ4n) is 1.29. The number of nitrogens with one attached hydrogen (secondary N) is 1. The van der Waals surface area contributed by atoms with Gasteiger partial charge in [0.2, 0.25) is 5.88 Å². The fraction of sp³-hybridized carbons (Fsp3) is 0.100. The predicted octanol–water partition coefficient (Wildman–Crippen LogP) is 2.86. The molecule has 0 aliphatic rings. The molecule has 0 aliphatic carbocycles. The van der Waals surface area contributed by atoms with Crippen molar-refractivity contribution in [3.05, 3.63) is 28.7 Å². The van der Waals surface area contributed by atoms with Gasteiger partial charge in [-0.1, -0.05) is 15.9 Å². The number of halogens is 1. The number of hydrogen-bond acceptors (Lipinski definition) is 2. The van der Waals surface area contributed by atoms with Gasteiger partial charge in [0.05, 0.1) is 0 Å². The van der Waals surface area contributed by atoms with E-state index in [1.54, 1.807) is 6.07 Å². The minimum atomic E-state index is -0.323. The van der Waals surface area contributed by atoms with Crippen molar-refractivity contribution in [1.82, 2.24) is 4.98 Å². The summed E-state index contributed by atoms with van der Waals surface area (Å²) in [5.74, 6) is 0.154. The summed E-state index contributed by atoms with van der Waals surface area (Å²) in [7, 11) is 0. The van der Waals surface area contributed by atoms with Crippen LogP contribution in [-0.4, -0.2) is 11.0 Å². The van der Waals surface area contributed by atoms with Gasteiger partial charge in [-0.05, 0) is 18.2 Å². The Bertz CT molecular complexity index is 490. The van der Waals surface area contributed by atoms with E-state index in [4.69, 9.17) is 4.74 Å². The van der Waals surface area contributed by atoms with Crippen molar-refractivity contribution in [2.75, 3.05) is 0 Å². The van der Waals surface area contributed by atoms with Gasteiger partial charge >= 0.3 is 5.97 Å². The second kappa shape index (κ2) is 3.46. The number of carbonyl (C=O) groups excluding carboxylic acids is 1. The first-order chi connectivity index (χ1) is 6.65. The lowest BCUT2D eigenvalue weighted by atomic mass is 10.2. The van der Waals surface area contributed by atoms with Crippen molar-refractivity contribution in [2.24, 2.45) is 0 Å². The number of aromatic nitrogens is 1. The van der Waals surface area contributed by atoms with E-state index in [1.165, 1.54) is 6.92 Å². The third kappa shape index (κ3) is 1.80. The van der Waals surface area contributed by atoms with E-state index >= 15 is 0 Å². The van der Waals surface area contributed by atoms with E-state index in [2.05, 4.69) is 20.9 Å². The Balaban J connectivity index is 2.46. The molecule has 4 heteroatoms. The van der Waals surface area contributed by atoms with Gasteiger partial charge in [0.25, 0.3) is 0 Å². The van der Waals surface area contributed by atoms with Crippen LogP contribution >= 0.6 is 15.9 Å². The van der Waals surface area contributed by atoms with E-state index in [1.807, 2.05) is 18.2 Å². The third-order valence-electron chi connectivity index (χ3n) is 1.81. The van der Waals surface area contributed by atoms with Crippen LogP contribution in [0.5, 0.6) is 5.88 Å². The molecule has 0 unspecified atom stereocenters. The molecule has 14 heavy (non-hydrogen) atoms. The zero-order chi connectivity index (χ0) is 10.1. The van der Waals surface area contributed by atoms with Gasteiger partial charge in [0.15, 0.2) is 0 Å². The zero-order valence-electron chi connectivity index (χ0n) is 7.50. The van der Waals surface area contributed by atoms with Crippen LogP contribution in [0.1, 0.15) is 6.92 Å². The second-order valence-corrected chi connectivity index (χ2v) is 3.87. The molecule has 1 aromatic carbocycles. The van der Waals surface area contributed by atoms with Gasteiger partial charge in [-0.25, -0.2) is 0 Å². The average Bonchev–Trinajstić information content (AvgIpc) is 2.44. The molecule has 1 N–H and O–H groups in total. The van der Waals surface area contributed by atoms with E-state index in [9.17, 15) is 4.79 Å². The molecule has 1 aromatic heterocycles. The maximum atomic E-state index is 10.7. The van der Waals surface area contributed by atoms with Crippen molar-refractivity contribution in [3.8, 4) is 5.88 Å². The number of carbonyl (C=O) groups is 1. The summed E-state index contributed by atoms with van der Waals surface area (Å²) in [4.78, 5) is 13.7. The monoisotopic (exact) mass is 253 g/mol. The van der Waals surface area contributed by atoms with Crippen LogP contribution in [0.15, 0.2) is 28.7 Å². The molecule has 0 saturated heterocycles. The summed E-state index contributed by atoms with van der Waals surface area (Å²) in [5.41, 5.74) is 0.949. The van der Waals surface area contributed by atoms with Crippen LogP contribution in [0.25, 0.3) is 10.9 Å². The van der Waals surface area contributed by atoms with Crippen LogP contribution in [-0.2, 0) is 4.79 Å². The molecule has 2 aromatic rings. The van der Waals surface area contributed by atoms with Gasteiger partial charge in [-0.3, -0.25) is 4.79 Å². The van der Waals surface area contributed by atoms with Crippen molar-refractivity contribution in [2.45, 2.75) is 6.92 Å². The SMILES string of the molecule is CC(=O)Oc1cc2cc(Br)ccc2[nH]1. The predicted molar refractivity (Wildman–Crippen MR) is 57.3 cm³/mol. The van der Waals surface area contributed by atoms with Gasteiger partial charge in [0.1, 0.15) is 0 Å². The summed E-state index contributed by atoms with van der Waals surface area (Å²) >= 11 is 3.37. The summed E-state index contributed by atoms with van der Waals surface area (Å²) in [6, 6.07) is 7.60. The van der Waals surface area contributed by atoms with Crippen LogP contribution in [0.2, 0.25) is 0 Å². The van der Waals surface area contributed by atoms with Crippen LogP contribution < -0.4 is 4.74 Å². The molecule has 2 rings (SSSR count). The first kappa shape index (κ1) is 9.27. The Morgan fingerprint density at radius 2 is 2.21 bits per heavy atom. The van der Waals surface area contributed by atoms with E-state index in [-0.39, 0.29) is 5.97 Å². The zero-order valence-corrected chi connectivity index (χ0v) is 9.09. The number of fused-ring (bicyclic) bond motifs is 1. The molecule has 3 nitrogen and oxygen atoms in total. The lowest BCUT2D eigenvalue weighted by Crippen LogP contribution is -2.00. The average molecular weight is 254 g/mol. The van der Waals surface area contributed by atoms with Gasteiger partial charge < -0.3 is 9.72 Å². The summed E-state index contributed by atoms with van der Waals surface area (Å²) in [6.07, 6.45) is 0. The first-order valence-corrected chi connectivity index (χ1v) is 4.91. The highest BCUT2D eigenvalue weighted by molar-refractivity contribution is 9.10. The van der Waals surface area contributed by atoms with E-state index < -0.39 is 0 Å². The number of aromatic amines is 1. The molecule has 0 saturated carbocycles. The summed E-state index contributed by atoms with van der Waals surface area (Å²) in [6.45, 7) is 1.38. The van der Waals surface area contributed by atoms with Crippen LogP contribution in [0.4, 0.5) is 0 Å². The largest absolute Gasteiger partial charge is 0.410 e. The quantitative estimate of drug-likeness (QED) is 0.795. The highest BCUT2D eigenvalue weighted by Gasteiger charge is 2.03.